The monoisotopic (exact) mass is 208 g/mol. The summed E-state index contributed by atoms with van der Waals surface area (Å²) in [7, 11) is 0. The van der Waals surface area contributed by atoms with Crippen LogP contribution in [0.2, 0.25) is 0 Å². The standard InChI is InChI=1S/C11H16N2O2/c14-11(15)10-9(12-7-13-10)6-5-8-3-1-2-4-8/h7-8H,1-6H2,(H,12,13)(H,14,15). The van der Waals surface area contributed by atoms with Crippen LogP contribution in [0.3, 0.4) is 0 Å². The third kappa shape index (κ3) is 2.37. The molecule has 1 heterocycles. The number of carboxylic acid groups (broad SMARTS) is 1. The molecule has 2 N–H and O–H groups in total. The summed E-state index contributed by atoms with van der Waals surface area (Å²) in [6, 6.07) is 0. The third-order valence-electron chi connectivity index (χ3n) is 3.20. The second-order valence-corrected chi connectivity index (χ2v) is 4.22. The molecule has 1 fully saturated rings. The molecule has 0 atom stereocenters. The highest BCUT2D eigenvalue weighted by Gasteiger charge is 2.17. The molecule has 4 heteroatoms. The summed E-state index contributed by atoms with van der Waals surface area (Å²) in [6.45, 7) is 0. The van der Waals surface area contributed by atoms with Gasteiger partial charge in [0.1, 0.15) is 0 Å². The van der Waals surface area contributed by atoms with Crippen LogP contribution in [0.25, 0.3) is 0 Å². The maximum atomic E-state index is 10.8. The van der Waals surface area contributed by atoms with Gasteiger partial charge in [0.15, 0.2) is 5.69 Å². The number of carboxylic acids is 1. The molecule has 1 aromatic rings. The minimum absolute atomic E-state index is 0.188. The van der Waals surface area contributed by atoms with Crippen molar-refractivity contribution in [2.45, 2.75) is 38.5 Å². The molecule has 4 nitrogen and oxygen atoms in total. The Kier molecular flexibility index (Phi) is 3.04. The van der Waals surface area contributed by atoms with Gasteiger partial charge in [-0.1, -0.05) is 25.7 Å². The maximum absolute atomic E-state index is 10.8. The minimum Gasteiger partial charge on any atom is -0.476 e. The molecule has 0 unspecified atom stereocenters. The van der Waals surface area contributed by atoms with Gasteiger partial charge in [-0.05, 0) is 18.8 Å². The first-order valence-corrected chi connectivity index (χ1v) is 5.53. The highest BCUT2D eigenvalue weighted by molar-refractivity contribution is 5.86. The molecule has 1 aromatic heterocycles. The van der Waals surface area contributed by atoms with Crippen LogP contribution in [0.5, 0.6) is 0 Å². The highest BCUT2D eigenvalue weighted by Crippen LogP contribution is 2.28. The minimum atomic E-state index is -0.933. The van der Waals surface area contributed by atoms with Crippen molar-refractivity contribution >= 4 is 5.97 Å². The molecule has 1 aliphatic carbocycles. The van der Waals surface area contributed by atoms with Gasteiger partial charge in [0.25, 0.3) is 0 Å². The molecule has 0 spiro atoms. The zero-order valence-corrected chi connectivity index (χ0v) is 8.70. The van der Waals surface area contributed by atoms with Crippen molar-refractivity contribution in [3.05, 3.63) is 17.7 Å². The third-order valence-corrected chi connectivity index (χ3v) is 3.20. The van der Waals surface area contributed by atoms with Crippen LogP contribution in [0, 0.1) is 5.92 Å². The van der Waals surface area contributed by atoms with Gasteiger partial charge in [-0.25, -0.2) is 9.78 Å². The molecule has 0 aromatic carbocycles. The predicted molar refractivity (Wildman–Crippen MR) is 55.8 cm³/mol. The number of nitrogens with one attached hydrogen (secondary N) is 1. The number of hydrogen-bond donors (Lipinski definition) is 2. The van der Waals surface area contributed by atoms with E-state index in [-0.39, 0.29) is 5.69 Å². The van der Waals surface area contributed by atoms with Crippen molar-refractivity contribution in [3.8, 4) is 0 Å². The second kappa shape index (κ2) is 4.47. The largest absolute Gasteiger partial charge is 0.476 e. The Hall–Kier alpha value is -1.32. The first-order valence-electron chi connectivity index (χ1n) is 5.53. The van der Waals surface area contributed by atoms with Crippen LogP contribution in [0.1, 0.15) is 48.3 Å². The first kappa shape index (κ1) is 10.2. The van der Waals surface area contributed by atoms with Crippen molar-refractivity contribution in [1.29, 1.82) is 0 Å². The van der Waals surface area contributed by atoms with E-state index in [0.717, 1.165) is 24.5 Å². The number of hydrogen-bond acceptors (Lipinski definition) is 2. The number of rotatable bonds is 4. The predicted octanol–water partition coefficient (Wildman–Crippen LogP) is 2.23. The van der Waals surface area contributed by atoms with Crippen LogP contribution >= 0.6 is 0 Å². The van der Waals surface area contributed by atoms with E-state index in [1.807, 2.05) is 0 Å². The average Bonchev–Trinajstić information content (AvgIpc) is 2.86. The van der Waals surface area contributed by atoms with E-state index in [0.29, 0.717) is 0 Å². The lowest BCUT2D eigenvalue weighted by atomic mass is 10.00. The Morgan fingerprint density at radius 3 is 2.93 bits per heavy atom. The van der Waals surface area contributed by atoms with Crippen molar-refractivity contribution < 1.29 is 9.90 Å². The lowest BCUT2D eigenvalue weighted by molar-refractivity contribution is 0.0689. The lowest BCUT2D eigenvalue weighted by Crippen LogP contribution is -2.04. The number of imidazole rings is 1. The summed E-state index contributed by atoms with van der Waals surface area (Å²) in [6.07, 6.45) is 8.63. The molecule has 82 valence electrons. The Labute approximate surface area is 88.7 Å². The summed E-state index contributed by atoms with van der Waals surface area (Å²) in [4.78, 5) is 17.5. The Morgan fingerprint density at radius 1 is 1.53 bits per heavy atom. The zero-order chi connectivity index (χ0) is 10.7. The molecule has 1 saturated carbocycles. The highest BCUT2D eigenvalue weighted by atomic mass is 16.4. The Bertz CT molecular complexity index is 340. The van der Waals surface area contributed by atoms with Gasteiger partial charge in [-0.15, -0.1) is 0 Å². The number of H-pyrrole nitrogens is 1. The quantitative estimate of drug-likeness (QED) is 0.797. The molecule has 2 rings (SSSR count). The van der Waals surface area contributed by atoms with E-state index in [9.17, 15) is 4.79 Å². The van der Waals surface area contributed by atoms with Crippen molar-refractivity contribution in [3.63, 3.8) is 0 Å². The fraction of sp³-hybridized carbons (Fsp3) is 0.636. The summed E-state index contributed by atoms with van der Waals surface area (Å²) >= 11 is 0. The van der Waals surface area contributed by atoms with Gasteiger partial charge in [0, 0.05) is 5.69 Å². The van der Waals surface area contributed by atoms with Crippen LogP contribution in [-0.4, -0.2) is 21.0 Å². The average molecular weight is 208 g/mol. The van der Waals surface area contributed by atoms with E-state index < -0.39 is 5.97 Å². The maximum Gasteiger partial charge on any atom is 0.356 e. The van der Waals surface area contributed by atoms with Crippen LogP contribution in [-0.2, 0) is 6.42 Å². The Morgan fingerprint density at radius 2 is 2.27 bits per heavy atom. The van der Waals surface area contributed by atoms with E-state index >= 15 is 0 Å². The van der Waals surface area contributed by atoms with Crippen LogP contribution in [0.15, 0.2) is 6.33 Å². The fourth-order valence-electron chi connectivity index (χ4n) is 2.34. The van der Waals surface area contributed by atoms with Crippen molar-refractivity contribution in [2.24, 2.45) is 5.92 Å². The summed E-state index contributed by atoms with van der Waals surface area (Å²) in [5.74, 6) is -0.146. The number of aromatic nitrogens is 2. The van der Waals surface area contributed by atoms with Gasteiger partial charge in [0.05, 0.1) is 6.33 Å². The van der Waals surface area contributed by atoms with E-state index in [1.54, 1.807) is 0 Å². The number of aromatic carboxylic acids is 1. The molecule has 15 heavy (non-hydrogen) atoms. The zero-order valence-electron chi connectivity index (χ0n) is 8.70. The van der Waals surface area contributed by atoms with Gasteiger partial charge in [-0.3, -0.25) is 0 Å². The van der Waals surface area contributed by atoms with Gasteiger partial charge < -0.3 is 10.1 Å². The SMILES string of the molecule is O=C(O)c1nc[nH]c1CCC1CCCC1. The molecular weight excluding hydrogens is 192 g/mol. The molecule has 0 saturated heterocycles. The van der Waals surface area contributed by atoms with Crippen LogP contribution < -0.4 is 0 Å². The van der Waals surface area contributed by atoms with E-state index in [2.05, 4.69) is 9.97 Å². The van der Waals surface area contributed by atoms with Crippen LogP contribution in [0.4, 0.5) is 0 Å². The molecule has 1 aliphatic rings. The van der Waals surface area contributed by atoms with Gasteiger partial charge in [0.2, 0.25) is 0 Å². The van der Waals surface area contributed by atoms with Crippen molar-refractivity contribution in [1.82, 2.24) is 9.97 Å². The summed E-state index contributed by atoms with van der Waals surface area (Å²) in [5.41, 5.74) is 0.961. The number of aromatic amines is 1. The smallest absolute Gasteiger partial charge is 0.356 e. The Balaban J connectivity index is 1.92. The summed E-state index contributed by atoms with van der Waals surface area (Å²) < 4.78 is 0. The molecular formula is C11H16N2O2. The number of aryl methyl sites for hydroxylation is 1. The van der Waals surface area contributed by atoms with Crippen molar-refractivity contribution in [2.75, 3.05) is 0 Å². The fourth-order valence-corrected chi connectivity index (χ4v) is 2.34. The van der Waals surface area contributed by atoms with Gasteiger partial charge in [-0.2, -0.15) is 0 Å². The second-order valence-electron chi connectivity index (χ2n) is 4.22. The normalized spacial score (nSPS) is 17.1. The lowest BCUT2D eigenvalue weighted by Gasteiger charge is -2.07. The molecule has 0 bridgehead atoms. The molecule has 0 aliphatic heterocycles. The first-order chi connectivity index (χ1) is 7.27. The number of nitrogens with zero attached hydrogens (tertiary/aromatic N) is 1. The van der Waals surface area contributed by atoms with E-state index in [4.69, 9.17) is 5.11 Å². The van der Waals surface area contributed by atoms with E-state index in [1.165, 1.54) is 32.0 Å². The molecule has 0 radical (unpaired) electrons. The number of carbonyl (C=O) groups is 1. The topological polar surface area (TPSA) is 66.0 Å². The van der Waals surface area contributed by atoms with Gasteiger partial charge >= 0.3 is 5.97 Å². The summed E-state index contributed by atoms with van der Waals surface area (Å²) in [5, 5.41) is 8.86. The molecule has 0 amide bonds.